The fraction of sp³-hybridized carbons (Fsp3) is 0.467. The molecule has 0 bridgehead atoms. The third-order valence-corrected chi connectivity index (χ3v) is 4.73. The Bertz CT molecular complexity index is 621. The Hall–Kier alpha value is -1.89. The lowest BCUT2D eigenvalue weighted by Gasteiger charge is -2.21. The maximum Gasteiger partial charge on any atom is 0.270 e. The number of amides is 1. The molecule has 2 rings (SSSR count). The van der Waals surface area contributed by atoms with Crippen LogP contribution < -0.4 is 4.90 Å². The van der Waals surface area contributed by atoms with Crippen LogP contribution in [0.5, 0.6) is 0 Å². The van der Waals surface area contributed by atoms with Crippen molar-refractivity contribution in [2.45, 2.75) is 27.2 Å². The summed E-state index contributed by atoms with van der Waals surface area (Å²) in [6.07, 6.45) is 0.413. The summed E-state index contributed by atoms with van der Waals surface area (Å²) in [5.41, 5.74) is 2.24. The predicted octanol–water partition coefficient (Wildman–Crippen LogP) is 2.84. The van der Waals surface area contributed by atoms with Gasteiger partial charge in [-0.1, -0.05) is 11.8 Å². The normalized spacial score (nSPS) is 17.9. The second kappa shape index (κ2) is 6.48. The van der Waals surface area contributed by atoms with Crippen molar-refractivity contribution in [3.63, 3.8) is 0 Å². The highest BCUT2D eigenvalue weighted by molar-refractivity contribution is 8.13. The van der Waals surface area contributed by atoms with Gasteiger partial charge in [-0.15, -0.1) is 0 Å². The Labute approximate surface area is 133 Å². The maximum absolute atomic E-state index is 12.3. The molecular weight excluding hydrogens is 304 g/mol. The molecule has 22 heavy (non-hydrogen) atoms. The fourth-order valence-corrected chi connectivity index (χ4v) is 3.50. The van der Waals surface area contributed by atoms with Gasteiger partial charge in [-0.2, -0.15) is 0 Å². The Morgan fingerprint density at radius 3 is 2.50 bits per heavy atom. The van der Waals surface area contributed by atoms with Gasteiger partial charge in [0, 0.05) is 43.5 Å². The highest BCUT2D eigenvalue weighted by Gasteiger charge is 2.32. The van der Waals surface area contributed by atoms with Crippen molar-refractivity contribution in [1.29, 1.82) is 0 Å². The van der Waals surface area contributed by atoms with Crippen molar-refractivity contribution >= 4 is 34.2 Å². The van der Waals surface area contributed by atoms with Crippen LogP contribution in [-0.4, -0.2) is 28.2 Å². The lowest BCUT2D eigenvalue weighted by molar-refractivity contribution is -0.384. The summed E-state index contributed by atoms with van der Waals surface area (Å²) in [5, 5.41) is 10.9. The molecule has 1 aromatic rings. The van der Waals surface area contributed by atoms with E-state index in [4.69, 9.17) is 0 Å². The molecule has 0 radical (unpaired) electrons. The zero-order valence-corrected chi connectivity index (χ0v) is 13.6. The average molecular weight is 322 g/mol. The van der Waals surface area contributed by atoms with E-state index in [0.29, 0.717) is 18.7 Å². The fourth-order valence-electron chi connectivity index (χ4n) is 2.81. The van der Waals surface area contributed by atoms with Gasteiger partial charge >= 0.3 is 0 Å². The highest BCUT2D eigenvalue weighted by atomic mass is 32.2. The lowest BCUT2D eigenvalue weighted by Crippen LogP contribution is -2.26. The number of rotatable bonds is 4. The second-order valence-corrected chi connectivity index (χ2v) is 6.76. The molecule has 0 aromatic heterocycles. The third-order valence-electron chi connectivity index (χ3n) is 3.68. The first-order valence-corrected chi connectivity index (χ1v) is 7.97. The number of hydrogen-bond acceptors (Lipinski definition) is 5. The predicted molar refractivity (Wildman–Crippen MR) is 86.2 cm³/mol. The molecule has 6 nitrogen and oxygen atoms in total. The van der Waals surface area contributed by atoms with Crippen LogP contribution in [0.1, 0.15) is 24.5 Å². The largest absolute Gasteiger partial charge is 0.312 e. The van der Waals surface area contributed by atoms with Gasteiger partial charge in [0.25, 0.3) is 5.69 Å². The van der Waals surface area contributed by atoms with Crippen molar-refractivity contribution in [3.05, 3.63) is 33.4 Å². The van der Waals surface area contributed by atoms with Gasteiger partial charge in [-0.25, -0.2) is 0 Å². The summed E-state index contributed by atoms with van der Waals surface area (Å²) in [6, 6.07) is 2.99. The van der Waals surface area contributed by atoms with Gasteiger partial charge in [-0.3, -0.25) is 19.7 Å². The van der Waals surface area contributed by atoms with Crippen LogP contribution in [0, 0.1) is 29.9 Å². The van der Waals surface area contributed by atoms with Gasteiger partial charge in [-0.05, 0) is 30.9 Å². The summed E-state index contributed by atoms with van der Waals surface area (Å²) < 4.78 is 0. The number of nitro groups is 1. The Kier molecular flexibility index (Phi) is 4.85. The van der Waals surface area contributed by atoms with Crippen molar-refractivity contribution in [2.24, 2.45) is 5.92 Å². The molecule has 1 saturated heterocycles. The minimum atomic E-state index is -0.429. The van der Waals surface area contributed by atoms with Gasteiger partial charge in [0.15, 0.2) is 5.12 Å². The van der Waals surface area contributed by atoms with Crippen LogP contribution in [0.3, 0.4) is 0 Å². The average Bonchev–Trinajstić information content (AvgIpc) is 2.77. The number of anilines is 1. The topological polar surface area (TPSA) is 80.5 Å². The number of thioether (sulfide) groups is 1. The van der Waals surface area contributed by atoms with Crippen molar-refractivity contribution in [3.8, 4) is 0 Å². The second-order valence-electron chi connectivity index (χ2n) is 5.56. The van der Waals surface area contributed by atoms with Crippen LogP contribution in [0.4, 0.5) is 11.4 Å². The highest BCUT2D eigenvalue weighted by Crippen LogP contribution is 2.34. The van der Waals surface area contributed by atoms with Crippen LogP contribution in [0.25, 0.3) is 0 Å². The number of benzene rings is 1. The first-order chi connectivity index (χ1) is 10.3. The number of carbonyl (C=O) groups is 2. The monoisotopic (exact) mass is 322 g/mol. The zero-order valence-electron chi connectivity index (χ0n) is 12.8. The summed E-state index contributed by atoms with van der Waals surface area (Å²) in [7, 11) is 0. The standard InChI is InChI=1S/C15H18N2O4S/c1-9-4-13(17(20)21)5-10(2)15(9)16-7-12(6-14(16)19)8-22-11(3)18/h4-5,12H,6-8H2,1-3H3. The lowest BCUT2D eigenvalue weighted by atomic mass is 10.1. The molecule has 1 unspecified atom stereocenters. The van der Waals surface area contributed by atoms with Crippen LogP contribution in [0.2, 0.25) is 0 Å². The molecule has 1 fully saturated rings. The molecule has 1 aliphatic rings. The van der Waals surface area contributed by atoms with E-state index in [1.54, 1.807) is 18.7 Å². The molecule has 0 saturated carbocycles. The van der Waals surface area contributed by atoms with E-state index in [-0.39, 0.29) is 22.6 Å². The van der Waals surface area contributed by atoms with Gasteiger partial charge in [0.2, 0.25) is 5.91 Å². The number of non-ortho nitro benzene ring substituents is 1. The zero-order chi connectivity index (χ0) is 16.4. The first kappa shape index (κ1) is 16.5. The van der Waals surface area contributed by atoms with Gasteiger partial charge in [0.05, 0.1) is 4.92 Å². The summed E-state index contributed by atoms with van der Waals surface area (Å²) in [6.45, 7) is 5.63. The molecule has 7 heteroatoms. The van der Waals surface area contributed by atoms with Crippen LogP contribution in [-0.2, 0) is 9.59 Å². The maximum atomic E-state index is 12.3. The van der Waals surface area contributed by atoms with E-state index in [9.17, 15) is 19.7 Å². The van der Waals surface area contributed by atoms with E-state index in [1.807, 2.05) is 0 Å². The Balaban J connectivity index is 2.23. The molecule has 1 aromatic carbocycles. The molecule has 1 amide bonds. The number of aryl methyl sites for hydroxylation is 2. The Morgan fingerprint density at radius 2 is 2.00 bits per heavy atom. The third kappa shape index (κ3) is 3.47. The molecule has 0 N–H and O–H groups in total. The van der Waals surface area contributed by atoms with E-state index < -0.39 is 4.92 Å². The van der Waals surface area contributed by atoms with Crippen molar-refractivity contribution in [1.82, 2.24) is 0 Å². The molecule has 1 atom stereocenters. The molecular formula is C15H18N2O4S. The SMILES string of the molecule is CC(=O)SCC1CC(=O)N(c2c(C)cc([N+](=O)[O-])cc2C)C1. The van der Waals surface area contributed by atoms with Crippen LogP contribution in [0.15, 0.2) is 12.1 Å². The smallest absolute Gasteiger partial charge is 0.270 e. The summed E-state index contributed by atoms with van der Waals surface area (Å²) in [5.74, 6) is 0.771. The number of nitro benzene ring substituents is 1. The molecule has 118 valence electrons. The van der Waals surface area contributed by atoms with E-state index in [0.717, 1.165) is 16.8 Å². The number of hydrogen-bond donors (Lipinski definition) is 0. The summed E-state index contributed by atoms with van der Waals surface area (Å²) >= 11 is 1.24. The molecule has 0 spiro atoms. The van der Waals surface area contributed by atoms with Crippen LogP contribution >= 0.6 is 11.8 Å². The minimum Gasteiger partial charge on any atom is -0.312 e. The first-order valence-electron chi connectivity index (χ1n) is 6.99. The Morgan fingerprint density at radius 1 is 1.41 bits per heavy atom. The van der Waals surface area contributed by atoms with E-state index in [1.165, 1.54) is 30.8 Å². The quantitative estimate of drug-likeness (QED) is 0.629. The molecule has 1 aliphatic heterocycles. The van der Waals surface area contributed by atoms with Gasteiger partial charge < -0.3 is 4.90 Å². The number of carbonyl (C=O) groups excluding carboxylic acids is 2. The summed E-state index contributed by atoms with van der Waals surface area (Å²) in [4.78, 5) is 35.5. The number of nitrogens with zero attached hydrogens (tertiary/aromatic N) is 2. The molecule has 0 aliphatic carbocycles. The van der Waals surface area contributed by atoms with E-state index >= 15 is 0 Å². The van der Waals surface area contributed by atoms with Crippen molar-refractivity contribution in [2.75, 3.05) is 17.2 Å². The van der Waals surface area contributed by atoms with E-state index in [2.05, 4.69) is 0 Å². The van der Waals surface area contributed by atoms with Gasteiger partial charge in [0.1, 0.15) is 0 Å². The minimum absolute atomic E-state index is 0.00852. The molecule has 1 heterocycles. The van der Waals surface area contributed by atoms with Crippen molar-refractivity contribution < 1.29 is 14.5 Å².